The monoisotopic (exact) mass is 342 g/mol. The third-order valence-electron chi connectivity index (χ3n) is 3.56. The summed E-state index contributed by atoms with van der Waals surface area (Å²) < 4.78 is 14.4. The molecule has 0 radical (unpaired) electrons. The maximum absolute atomic E-state index is 13.9. The van der Waals surface area contributed by atoms with Crippen molar-refractivity contribution < 1.29 is 9.18 Å². The van der Waals surface area contributed by atoms with Crippen molar-refractivity contribution in [2.75, 3.05) is 19.6 Å². The molecule has 5 heteroatoms. The van der Waals surface area contributed by atoms with E-state index in [1.807, 2.05) is 6.92 Å². The lowest BCUT2D eigenvalue weighted by Gasteiger charge is -2.26. The van der Waals surface area contributed by atoms with Gasteiger partial charge in [-0.05, 0) is 53.9 Å². The molecular weight excluding hydrogens is 323 g/mol. The summed E-state index contributed by atoms with van der Waals surface area (Å²) in [6.45, 7) is 4.33. The van der Waals surface area contributed by atoms with E-state index in [-0.39, 0.29) is 11.5 Å². The van der Waals surface area contributed by atoms with E-state index < -0.39 is 5.82 Å². The van der Waals surface area contributed by atoms with E-state index in [0.717, 1.165) is 25.8 Å². The van der Waals surface area contributed by atoms with Crippen LogP contribution in [0.15, 0.2) is 22.7 Å². The number of carbonyl (C=O) groups is 1. The molecule has 2 rings (SSSR count). The zero-order chi connectivity index (χ0) is 14.5. The molecule has 1 N–H and O–H groups in total. The van der Waals surface area contributed by atoms with E-state index in [2.05, 4.69) is 21.2 Å². The standard InChI is InChI=1S/C15H20BrFN2O/c1-2-9-19(10-11-5-4-8-18-11)15(20)14-12(16)6-3-7-13(14)17/h3,6-7,11,18H,2,4-5,8-10H2,1H3. The molecule has 3 nitrogen and oxygen atoms in total. The van der Waals surface area contributed by atoms with Gasteiger partial charge in [0.1, 0.15) is 5.82 Å². The van der Waals surface area contributed by atoms with Crippen molar-refractivity contribution in [3.63, 3.8) is 0 Å². The number of nitrogens with one attached hydrogen (secondary N) is 1. The SMILES string of the molecule is CCCN(CC1CCCN1)C(=O)c1c(F)cccc1Br. The van der Waals surface area contributed by atoms with Crippen LogP contribution in [0.1, 0.15) is 36.5 Å². The van der Waals surface area contributed by atoms with Crippen LogP contribution in [0, 0.1) is 5.82 Å². The Bertz CT molecular complexity index is 455. The smallest absolute Gasteiger partial charge is 0.258 e. The van der Waals surface area contributed by atoms with Gasteiger partial charge in [0.05, 0.1) is 5.56 Å². The van der Waals surface area contributed by atoms with E-state index in [1.54, 1.807) is 17.0 Å². The minimum atomic E-state index is -0.468. The topological polar surface area (TPSA) is 32.3 Å². The Morgan fingerprint density at radius 1 is 1.55 bits per heavy atom. The Kier molecular flexibility index (Phi) is 5.54. The molecule has 1 amide bonds. The van der Waals surface area contributed by atoms with Crippen LogP contribution in [-0.2, 0) is 0 Å². The van der Waals surface area contributed by atoms with Gasteiger partial charge in [-0.15, -0.1) is 0 Å². The first kappa shape index (κ1) is 15.4. The van der Waals surface area contributed by atoms with E-state index in [4.69, 9.17) is 0 Å². The summed E-state index contributed by atoms with van der Waals surface area (Å²) in [6, 6.07) is 4.96. The Hall–Kier alpha value is -0.940. The Labute approximate surface area is 127 Å². The Balaban J connectivity index is 2.17. The van der Waals surface area contributed by atoms with Crippen LogP contribution < -0.4 is 5.32 Å². The summed E-state index contributed by atoms with van der Waals surface area (Å²) in [7, 11) is 0. The minimum absolute atomic E-state index is 0.138. The predicted molar refractivity (Wildman–Crippen MR) is 81.3 cm³/mol. The van der Waals surface area contributed by atoms with Crippen molar-refractivity contribution in [3.05, 3.63) is 34.1 Å². The molecule has 0 aliphatic carbocycles. The zero-order valence-corrected chi connectivity index (χ0v) is 13.2. The van der Waals surface area contributed by atoms with Crippen molar-refractivity contribution in [1.29, 1.82) is 0 Å². The second-order valence-electron chi connectivity index (χ2n) is 5.14. The molecule has 1 aliphatic heterocycles. The first-order valence-corrected chi connectivity index (χ1v) is 7.89. The third kappa shape index (κ3) is 3.58. The number of rotatable bonds is 5. The van der Waals surface area contributed by atoms with Crippen molar-refractivity contribution >= 4 is 21.8 Å². The number of halogens is 2. The molecule has 20 heavy (non-hydrogen) atoms. The summed E-state index contributed by atoms with van der Waals surface area (Å²) in [6.07, 6.45) is 3.08. The maximum Gasteiger partial charge on any atom is 0.258 e. The molecule has 1 fully saturated rings. The number of nitrogens with zero attached hydrogens (tertiary/aromatic N) is 1. The molecule has 1 aliphatic rings. The normalized spacial score (nSPS) is 18.2. The molecule has 1 saturated heterocycles. The highest BCUT2D eigenvalue weighted by Gasteiger charge is 2.25. The van der Waals surface area contributed by atoms with Gasteiger partial charge in [0.15, 0.2) is 0 Å². The fraction of sp³-hybridized carbons (Fsp3) is 0.533. The van der Waals surface area contributed by atoms with Gasteiger partial charge >= 0.3 is 0 Å². The van der Waals surface area contributed by atoms with E-state index >= 15 is 0 Å². The highest BCUT2D eigenvalue weighted by atomic mass is 79.9. The van der Waals surface area contributed by atoms with Gasteiger partial charge in [-0.2, -0.15) is 0 Å². The Morgan fingerprint density at radius 2 is 2.35 bits per heavy atom. The lowest BCUT2D eigenvalue weighted by atomic mass is 10.1. The van der Waals surface area contributed by atoms with Gasteiger partial charge in [-0.1, -0.05) is 13.0 Å². The fourth-order valence-corrected chi connectivity index (χ4v) is 3.10. The molecule has 1 unspecified atom stereocenters. The number of amides is 1. The first-order valence-electron chi connectivity index (χ1n) is 7.10. The van der Waals surface area contributed by atoms with E-state index in [9.17, 15) is 9.18 Å². The Morgan fingerprint density at radius 3 is 2.95 bits per heavy atom. The molecule has 0 aromatic heterocycles. The summed E-state index contributed by atoms with van der Waals surface area (Å²) in [4.78, 5) is 14.3. The minimum Gasteiger partial charge on any atom is -0.337 e. The van der Waals surface area contributed by atoms with Crippen molar-refractivity contribution in [2.45, 2.75) is 32.2 Å². The molecule has 110 valence electrons. The lowest BCUT2D eigenvalue weighted by molar-refractivity contribution is 0.0736. The fourth-order valence-electron chi connectivity index (χ4n) is 2.58. The molecule has 1 atom stereocenters. The molecule has 1 aromatic rings. The molecular formula is C15H20BrFN2O. The first-order chi connectivity index (χ1) is 9.63. The summed E-state index contributed by atoms with van der Waals surface area (Å²) in [5.74, 6) is -0.699. The van der Waals surface area contributed by atoms with Crippen LogP contribution in [0.25, 0.3) is 0 Å². The second-order valence-corrected chi connectivity index (χ2v) is 6.00. The van der Waals surface area contributed by atoms with Gasteiger partial charge < -0.3 is 10.2 Å². The third-order valence-corrected chi connectivity index (χ3v) is 4.22. The van der Waals surface area contributed by atoms with Gasteiger partial charge in [-0.25, -0.2) is 4.39 Å². The highest BCUT2D eigenvalue weighted by molar-refractivity contribution is 9.10. The average molecular weight is 343 g/mol. The largest absolute Gasteiger partial charge is 0.337 e. The van der Waals surface area contributed by atoms with Gasteiger partial charge in [0.25, 0.3) is 5.91 Å². The zero-order valence-electron chi connectivity index (χ0n) is 11.7. The van der Waals surface area contributed by atoms with Crippen LogP contribution >= 0.6 is 15.9 Å². The van der Waals surface area contributed by atoms with Crippen molar-refractivity contribution in [3.8, 4) is 0 Å². The molecule has 1 aromatic carbocycles. The number of carbonyl (C=O) groups excluding carboxylic acids is 1. The quantitative estimate of drug-likeness (QED) is 0.891. The predicted octanol–water partition coefficient (Wildman–Crippen LogP) is 3.19. The van der Waals surface area contributed by atoms with E-state index in [0.29, 0.717) is 23.6 Å². The maximum atomic E-state index is 13.9. The molecule has 0 spiro atoms. The summed E-state index contributed by atoms with van der Waals surface area (Å²) in [5, 5.41) is 3.38. The average Bonchev–Trinajstić information content (AvgIpc) is 2.91. The van der Waals surface area contributed by atoms with Crippen LogP contribution in [-0.4, -0.2) is 36.5 Å². The second kappa shape index (κ2) is 7.18. The van der Waals surface area contributed by atoms with Crippen LogP contribution in [0.3, 0.4) is 0 Å². The molecule has 0 saturated carbocycles. The summed E-state index contributed by atoms with van der Waals surface area (Å²) in [5.41, 5.74) is 0.138. The number of hydrogen-bond acceptors (Lipinski definition) is 2. The van der Waals surface area contributed by atoms with Crippen LogP contribution in [0.5, 0.6) is 0 Å². The van der Waals surface area contributed by atoms with E-state index in [1.165, 1.54) is 6.07 Å². The molecule has 0 bridgehead atoms. The van der Waals surface area contributed by atoms with Gasteiger partial charge in [0.2, 0.25) is 0 Å². The van der Waals surface area contributed by atoms with Gasteiger partial charge in [-0.3, -0.25) is 4.79 Å². The van der Waals surface area contributed by atoms with Crippen molar-refractivity contribution in [2.24, 2.45) is 0 Å². The van der Waals surface area contributed by atoms with Crippen LogP contribution in [0.2, 0.25) is 0 Å². The number of benzene rings is 1. The lowest BCUT2D eigenvalue weighted by Crippen LogP contribution is -2.41. The van der Waals surface area contributed by atoms with Crippen LogP contribution in [0.4, 0.5) is 4.39 Å². The number of hydrogen-bond donors (Lipinski definition) is 1. The summed E-state index contributed by atoms with van der Waals surface area (Å²) >= 11 is 3.28. The van der Waals surface area contributed by atoms with Gasteiger partial charge in [0, 0.05) is 23.6 Å². The highest BCUT2D eigenvalue weighted by Crippen LogP contribution is 2.22. The molecule has 1 heterocycles. The van der Waals surface area contributed by atoms with Crippen molar-refractivity contribution in [1.82, 2.24) is 10.2 Å².